The van der Waals surface area contributed by atoms with Crippen LogP contribution in [0.3, 0.4) is 0 Å². The Kier molecular flexibility index (Phi) is 6.84. The molecule has 0 aromatic heterocycles. The molecule has 0 heterocycles. The van der Waals surface area contributed by atoms with Gasteiger partial charge < -0.3 is 10.1 Å². The Morgan fingerprint density at radius 2 is 1.78 bits per heavy atom. The van der Waals surface area contributed by atoms with Gasteiger partial charge in [0.05, 0.1) is 4.90 Å². The van der Waals surface area contributed by atoms with Crippen LogP contribution >= 0.6 is 15.9 Å². The van der Waals surface area contributed by atoms with Crippen molar-refractivity contribution >= 4 is 37.5 Å². The maximum Gasteiger partial charge on any atom is 0.573 e. The van der Waals surface area contributed by atoms with Crippen molar-refractivity contribution in [3.05, 3.63) is 53.0 Å². The van der Waals surface area contributed by atoms with Gasteiger partial charge in [0.2, 0.25) is 15.9 Å². The van der Waals surface area contributed by atoms with E-state index < -0.39 is 28.0 Å². The molecule has 1 amide bonds. The van der Waals surface area contributed by atoms with E-state index in [1.807, 2.05) is 0 Å². The Morgan fingerprint density at radius 1 is 1.11 bits per heavy atom. The molecular weight excluding hydrogens is 453 g/mol. The molecule has 0 unspecified atom stereocenters. The lowest BCUT2D eigenvalue weighted by Gasteiger charge is -2.10. The summed E-state index contributed by atoms with van der Waals surface area (Å²) in [5.41, 5.74) is 0.553. The van der Waals surface area contributed by atoms with Gasteiger partial charge in [-0.05, 0) is 42.5 Å². The molecule has 6 nitrogen and oxygen atoms in total. The molecule has 0 aliphatic carbocycles. The topological polar surface area (TPSA) is 84.5 Å². The third-order valence-electron chi connectivity index (χ3n) is 3.12. The molecule has 146 valence electrons. The summed E-state index contributed by atoms with van der Waals surface area (Å²) in [5, 5.41) is 2.61. The van der Waals surface area contributed by atoms with Crippen LogP contribution in [0, 0.1) is 0 Å². The molecule has 2 N–H and O–H groups in total. The third kappa shape index (κ3) is 7.19. The summed E-state index contributed by atoms with van der Waals surface area (Å²) in [4.78, 5) is 11.6. The molecule has 0 aliphatic rings. The van der Waals surface area contributed by atoms with Gasteiger partial charge in [-0.25, -0.2) is 13.1 Å². The Labute approximate surface area is 161 Å². The van der Waals surface area contributed by atoms with Crippen molar-refractivity contribution in [1.29, 1.82) is 0 Å². The zero-order valence-corrected chi connectivity index (χ0v) is 16.0. The summed E-state index contributed by atoms with van der Waals surface area (Å²) in [6.07, 6.45) is -4.98. The van der Waals surface area contributed by atoms with Crippen molar-refractivity contribution in [2.45, 2.75) is 17.7 Å². The standard InChI is InChI=1S/C16H14BrF3N2O4S/c17-11-2-1-3-12(10-11)22-15(23)8-9-21-27(24,25)14-6-4-13(5-7-14)26-16(18,19)20/h1-7,10,21H,8-9H2,(H,22,23). The number of nitrogens with one attached hydrogen (secondary N) is 2. The predicted octanol–water partition coefficient (Wildman–Crippen LogP) is 3.65. The normalized spacial score (nSPS) is 11.9. The van der Waals surface area contributed by atoms with E-state index in [2.05, 4.69) is 30.7 Å². The molecule has 0 atom stereocenters. The van der Waals surface area contributed by atoms with Gasteiger partial charge in [0.1, 0.15) is 5.75 Å². The van der Waals surface area contributed by atoms with Crippen molar-refractivity contribution in [1.82, 2.24) is 4.72 Å². The first-order valence-electron chi connectivity index (χ1n) is 7.46. The molecule has 0 spiro atoms. The highest BCUT2D eigenvalue weighted by molar-refractivity contribution is 9.10. The van der Waals surface area contributed by atoms with E-state index in [0.717, 1.165) is 28.7 Å². The van der Waals surface area contributed by atoms with E-state index in [9.17, 15) is 26.4 Å². The number of halogens is 4. The second kappa shape index (κ2) is 8.72. The smallest absolute Gasteiger partial charge is 0.406 e. The Morgan fingerprint density at radius 3 is 2.37 bits per heavy atom. The molecule has 0 saturated carbocycles. The zero-order valence-electron chi connectivity index (χ0n) is 13.6. The summed E-state index contributed by atoms with van der Waals surface area (Å²) in [6, 6.07) is 10.6. The predicted molar refractivity (Wildman–Crippen MR) is 95.7 cm³/mol. The number of benzene rings is 2. The first kappa shape index (κ1) is 21.2. The van der Waals surface area contributed by atoms with Crippen LogP contribution in [0.1, 0.15) is 6.42 Å². The van der Waals surface area contributed by atoms with Crippen LogP contribution in [0.4, 0.5) is 18.9 Å². The molecule has 2 aromatic carbocycles. The SMILES string of the molecule is O=C(CCNS(=O)(=O)c1ccc(OC(F)(F)F)cc1)Nc1cccc(Br)c1. The molecule has 0 radical (unpaired) electrons. The zero-order chi connectivity index (χ0) is 20.1. The monoisotopic (exact) mass is 466 g/mol. The molecular formula is C16H14BrF3N2O4S. The number of carbonyl (C=O) groups excluding carboxylic acids is 1. The number of sulfonamides is 1. The van der Waals surface area contributed by atoms with Gasteiger partial charge in [-0.15, -0.1) is 13.2 Å². The first-order chi connectivity index (χ1) is 12.5. The number of amides is 1. The summed E-state index contributed by atoms with van der Waals surface area (Å²) >= 11 is 3.26. The van der Waals surface area contributed by atoms with Crippen LogP contribution in [0.2, 0.25) is 0 Å². The first-order valence-corrected chi connectivity index (χ1v) is 9.74. The van der Waals surface area contributed by atoms with Crippen LogP contribution in [-0.2, 0) is 14.8 Å². The maximum atomic E-state index is 12.1. The number of hydrogen-bond acceptors (Lipinski definition) is 4. The highest BCUT2D eigenvalue weighted by Crippen LogP contribution is 2.23. The van der Waals surface area contributed by atoms with E-state index in [1.54, 1.807) is 24.3 Å². The fourth-order valence-corrected chi connectivity index (χ4v) is 3.42. The second-order valence-electron chi connectivity index (χ2n) is 5.23. The van der Waals surface area contributed by atoms with E-state index in [4.69, 9.17) is 0 Å². The number of carbonyl (C=O) groups is 1. The highest BCUT2D eigenvalue weighted by Gasteiger charge is 2.31. The van der Waals surface area contributed by atoms with Crippen molar-refractivity contribution in [3.63, 3.8) is 0 Å². The van der Waals surface area contributed by atoms with Gasteiger partial charge in [-0.2, -0.15) is 0 Å². The fraction of sp³-hybridized carbons (Fsp3) is 0.188. The van der Waals surface area contributed by atoms with Crippen LogP contribution in [0.25, 0.3) is 0 Å². The highest BCUT2D eigenvalue weighted by atomic mass is 79.9. The molecule has 2 rings (SSSR count). The molecule has 0 aliphatic heterocycles. The van der Waals surface area contributed by atoms with Crippen molar-refractivity contribution in [2.75, 3.05) is 11.9 Å². The minimum absolute atomic E-state index is 0.124. The van der Waals surface area contributed by atoms with Crippen molar-refractivity contribution in [3.8, 4) is 5.75 Å². The molecule has 0 saturated heterocycles. The van der Waals surface area contributed by atoms with Crippen LogP contribution in [0.15, 0.2) is 57.9 Å². The van der Waals surface area contributed by atoms with Gasteiger partial charge in [0, 0.05) is 23.1 Å². The second-order valence-corrected chi connectivity index (χ2v) is 7.91. The molecule has 27 heavy (non-hydrogen) atoms. The van der Waals surface area contributed by atoms with E-state index in [-0.39, 0.29) is 17.9 Å². The number of rotatable bonds is 7. The third-order valence-corrected chi connectivity index (χ3v) is 5.09. The largest absolute Gasteiger partial charge is 0.573 e. The fourth-order valence-electron chi connectivity index (χ4n) is 1.99. The van der Waals surface area contributed by atoms with E-state index in [0.29, 0.717) is 5.69 Å². The average Bonchev–Trinajstić information content (AvgIpc) is 2.53. The van der Waals surface area contributed by atoms with Crippen molar-refractivity contribution in [2.24, 2.45) is 0 Å². The van der Waals surface area contributed by atoms with Gasteiger partial charge >= 0.3 is 6.36 Å². The van der Waals surface area contributed by atoms with Crippen LogP contribution < -0.4 is 14.8 Å². The minimum atomic E-state index is -4.86. The lowest BCUT2D eigenvalue weighted by Crippen LogP contribution is -2.27. The summed E-state index contributed by atoms with van der Waals surface area (Å²) in [7, 11) is -3.97. The molecule has 11 heteroatoms. The van der Waals surface area contributed by atoms with Crippen LogP contribution in [-0.4, -0.2) is 27.2 Å². The summed E-state index contributed by atoms with van der Waals surface area (Å²) in [5.74, 6) is -0.931. The molecule has 0 bridgehead atoms. The average molecular weight is 467 g/mol. The van der Waals surface area contributed by atoms with Gasteiger partial charge in [0.25, 0.3) is 0 Å². The molecule has 0 fully saturated rings. The maximum absolute atomic E-state index is 12.1. The van der Waals surface area contributed by atoms with Gasteiger partial charge in [0.15, 0.2) is 0 Å². The van der Waals surface area contributed by atoms with Gasteiger partial charge in [-0.1, -0.05) is 22.0 Å². The van der Waals surface area contributed by atoms with E-state index in [1.165, 1.54) is 0 Å². The Hall–Kier alpha value is -2.11. The van der Waals surface area contributed by atoms with Crippen molar-refractivity contribution < 1.29 is 31.1 Å². The lowest BCUT2D eigenvalue weighted by molar-refractivity contribution is -0.274. The van der Waals surface area contributed by atoms with Gasteiger partial charge in [-0.3, -0.25) is 4.79 Å². The Bertz CT molecular complexity index is 903. The molecule has 2 aromatic rings. The Balaban J connectivity index is 1.88. The number of hydrogen-bond donors (Lipinski definition) is 2. The van der Waals surface area contributed by atoms with E-state index >= 15 is 0 Å². The summed E-state index contributed by atoms with van der Waals surface area (Å²) in [6.45, 7) is -0.178. The summed E-state index contributed by atoms with van der Waals surface area (Å²) < 4.78 is 67.2. The lowest BCUT2D eigenvalue weighted by atomic mass is 10.3. The quantitative estimate of drug-likeness (QED) is 0.651. The number of ether oxygens (including phenoxy) is 1. The minimum Gasteiger partial charge on any atom is -0.406 e. The van der Waals surface area contributed by atoms with Crippen LogP contribution in [0.5, 0.6) is 5.75 Å². The number of alkyl halides is 3. The number of anilines is 1.